The van der Waals surface area contributed by atoms with Crippen molar-refractivity contribution in [3.05, 3.63) is 66.1 Å². The fourth-order valence-corrected chi connectivity index (χ4v) is 3.65. The third-order valence-corrected chi connectivity index (χ3v) is 5.41. The van der Waals surface area contributed by atoms with Crippen molar-refractivity contribution in [2.75, 3.05) is 39.6 Å². The van der Waals surface area contributed by atoms with E-state index in [1.54, 1.807) is 11.8 Å². The van der Waals surface area contributed by atoms with Gasteiger partial charge in [-0.15, -0.1) is 0 Å². The van der Waals surface area contributed by atoms with Crippen LogP contribution in [0.4, 0.5) is 0 Å². The molecule has 0 radical (unpaired) electrons. The summed E-state index contributed by atoms with van der Waals surface area (Å²) in [6, 6.07) is 17.8. The maximum absolute atomic E-state index is 6.01. The highest BCUT2D eigenvalue weighted by atomic mass is 32.2. The summed E-state index contributed by atoms with van der Waals surface area (Å²) >= 11 is 1.78. The highest BCUT2D eigenvalue weighted by molar-refractivity contribution is 7.98. The standard InChI is InChI=1S/C24H30N2O3S/c1-19-23(18-30-17-16-28-21-8-5-4-6-9-21)29-24(25-19)20-10-12-22(13-11-20)27-15-7-14-26(2)3/h4-6,8-13H,7,14-18H2,1-3H3. The molecule has 5 nitrogen and oxygen atoms in total. The lowest BCUT2D eigenvalue weighted by Crippen LogP contribution is -2.15. The number of rotatable bonds is 12. The Bertz CT molecular complexity index is 879. The summed E-state index contributed by atoms with van der Waals surface area (Å²) in [5.74, 6) is 5.02. The number of benzene rings is 2. The molecule has 0 aliphatic rings. The fourth-order valence-electron chi connectivity index (χ4n) is 2.85. The van der Waals surface area contributed by atoms with Crippen LogP contribution in [0.5, 0.6) is 11.5 Å². The molecule has 0 fully saturated rings. The molecule has 1 aromatic heterocycles. The number of hydrogen-bond donors (Lipinski definition) is 0. The zero-order chi connectivity index (χ0) is 21.2. The van der Waals surface area contributed by atoms with Crippen LogP contribution in [0.3, 0.4) is 0 Å². The van der Waals surface area contributed by atoms with Crippen LogP contribution in [0.2, 0.25) is 0 Å². The molecule has 0 spiro atoms. The van der Waals surface area contributed by atoms with Crippen molar-refractivity contribution in [2.45, 2.75) is 19.1 Å². The Hall–Kier alpha value is -2.44. The van der Waals surface area contributed by atoms with Crippen molar-refractivity contribution in [2.24, 2.45) is 0 Å². The molecular weight excluding hydrogens is 396 g/mol. The number of oxazole rings is 1. The molecule has 0 bridgehead atoms. The quantitative estimate of drug-likeness (QED) is 0.367. The van der Waals surface area contributed by atoms with Crippen molar-refractivity contribution in [1.82, 2.24) is 9.88 Å². The first-order valence-electron chi connectivity index (χ1n) is 10.2. The Morgan fingerprint density at radius 2 is 1.63 bits per heavy atom. The Kier molecular flexibility index (Phi) is 8.66. The zero-order valence-corrected chi connectivity index (χ0v) is 18.8. The van der Waals surface area contributed by atoms with Crippen molar-refractivity contribution in [1.29, 1.82) is 0 Å². The van der Waals surface area contributed by atoms with Gasteiger partial charge in [-0.3, -0.25) is 0 Å². The highest BCUT2D eigenvalue weighted by Crippen LogP contribution is 2.26. The van der Waals surface area contributed by atoms with Crippen molar-refractivity contribution in [3.8, 4) is 23.0 Å². The maximum atomic E-state index is 6.01. The highest BCUT2D eigenvalue weighted by Gasteiger charge is 2.12. The minimum atomic E-state index is 0.655. The minimum absolute atomic E-state index is 0.655. The summed E-state index contributed by atoms with van der Waals surface area (Å²) in [5.41, 5.74) is 1.90. The Labute approximate surface area is 183 Å². The summed E-state index contributed by atoms with van der Waals surface area (Å²) in [6.07, 6.45) is 1.01. The Morgan fingerprint density at radius 1 is 0.933 bits per heavy atom. The van der Waals surface area contributed by atoms with Crippen molar-refractivity contribution < 1.29 is 13.9 Å². The predicted molar refractivity (Wildman–Crippen MR) is 123 cm³/mol. The predicted octanol–water partition coefficient (Wildman–Crippen LogP) is 5.29. The molecule has 0 atom stereocenters. The van der Waals surface area contributed by atoms with Gasteiger partial charge in [0.25, 0.3) is 0 Å². The van der Waals surface area contributed by atoms with Crippen LogP contribution in [0.15, 0.2) is 59.0 Å². The van der Waals surface area contributed by atoms with E-state index in [0.717, 1.165) is 53.0 Å². The number of thioether (sulfide) groups is 1. The molecule has 0 aliphatic carbocycles. The molecule has 30 heavy (non-hydrogen) atoms. The van der Waals surface area contributed by atoms with Crippen LogP contribution in [0.25, 0.3) is 11.5 Å². The average molecular weight is 427 g/mol. The second kappa shape index (κ2) is 11.7. The largest absolute Gasteiger partial charge is 0.494 e. The van der Waals surface area contributed by atoms with E-state index in [1.165, 1.54) is 0 Å². The molecular formula is C24H30N2O3S. The summed E-state index contributed by atoms with van der Waals surface area (Å²) in [5, 5.41) is 0. The second-order valence-corrected chi connectivity index (χ2v) is 8.38. The smallest absolute Gasteiger partial charge is 0.226 e. The zero-order valence-electron chi connectivity index (χ0n) is 18.0. The van der Waals surface area contributed by atoms with Crippen molar-refractivity contribution >= 4 is 11.8 Å². The van der Waals surface area contributed by atoms with E-state index in [-0.39, 0.29) is 0 Å². The molecule has 3 rings (SSSR count). The molecule has 0 unspecified atom stereocenters. The third-order valence-electron chi connectivity index (χ3n) is 4.49. The van der Waals surface area contributed by atoms with Gasteiger partial charge in [0.2, 0.25) is 5.89 Å². The summed E-state index contributed by atoms with van der Waals surface area (Å²) in [6.45, 7) is 4.40. The van der Waals surface area contributed by atoms with Crippen LogP contribution in [0, 0.1) is 6.92 Å². The van der Waals surface area contributed by atoms with Gasteiger partial charge in [-0.25, -0.2) is 4.98 Å². The van der Waals surface area contributed by atoms with Gasteiger partial charge >= 0.3 is 0 Å². The van der Waals surface area contributed by atoms with Gasteiger partial charge in [-0.05, 0) is 63.8 Å². The molecule has 6 heteroatoms. The van der Waals surface area contributed by atoms with E-state index >= 15 is 0 Å². The van der Waals surface area contributed by atoms with Crippen LogP contribution in [-0.4, -0.2) is 49.5 Å². The molecule has 0 amide bonds. The van der Waals surface area contributed by atoms with E-state index in [1.807, 2.05) is 61.5 Å². The van der Waals surface area contributed by atoms with Gasteiger partial charge in [0.05, 0.1) is 24.7 Å². The van der Waals surface area contributed by atoms with Gasteiger partial charge < -0.3 is 18.8 Å². The van der Waals surface area contributed by atoms with Gasteiger partial charge in [0, 0.05) is 17.9 Å². The second-order valence-electron chi connectivity index (χ2n) is 7.27. The maximum Gasteiger partial charge on any atom is 0.226 e. The molecule has 0 saturated heterocycles. The SMILES string of the molecule is Cc1nc(-c2ccc(OCCCN(C)C)cc2)oc1CSCCOc1ccccc1. The summed E-state index contributed by atoms with van der Waals surface area (Å²) < 4.78 is 17.5. The lowest BCUT2D eigenvalue weighted by Gasteiger charge is -2.10. The third kappa shape index (κ3) is 7.11. The van der Waals surface area contributed by atoms with E-state index in [4.69, 9.17) is 13.9 Å². The number of para-hydroxylation sites is 1. The topological polar surface area (TPSA) is 47.7 Å². The van der Waals surface area contributed by atoms with Gasteiger partial charge in [-0.1, -0.05) is 18.2 Å². The van der Waals surface area contributed by atoms with Crippen molar-refractivity contribution in [3.63, 3.8) is 0 Å². The van der Waals surface area contributed by atoms with Gasteiger partial charge in [-0.2, -0.15) is 11.8 Å². The molecule has 2 aromatic carbocycles. The van der Waals surface area contributed by atoms with Crippen LogP contribution in [-0.2, 0) is 5.75 Å². The normalized spacial score (nSPS) is 11.1. The molecule has 0 N–H and O–H groups in total. The van der Waals surface area contributed by atoms with E-state index in [0.29, 0.717) is 19.1 Å². The Morgan fingerprint density at radius 3 is 2.37 bits per heavy atom. The molecule has 0 saturated carbocycles. The number of aryl methyl sites for hydroxylation is 1. The lowest BCUT2D eigenvalue weighted by atomic mass is 10.2. The molecule has 0 aliphatic heterocycles. The first kappa shape index (κ1) is 22.2. The lowest BCUT2D eigenvalue weighted by molar-refractivity contribution is 0.281. The monoisotopic (exact) mass is 426 g/mol. The van der Waals surface area contributed by atoms with Gasteiger partial charge in [0.15, 0.2) is 0 Å². The Balaban J connectivity index is 1.44. The van der Waals surface area contributed by atoms with Crippen LogP contribution >= 0.6 is 11.8 Å². The van der Waals surface area contributed by atoms with Gasteiger partial charge in [0.1, 0.15) is 17.3 Å². The van der Waals surface area contributed by atoms with E-state index in [9.17, 15) is 0 Å². The number of ether oxygens (including phenoxy) is 2. The van der Waals surface area contributed by atoms with Crippen LogP contribution < -0.4 is 9.47 Å². The molecule has 160 valence electrons. The minimum Gasteiger partial charge on any atom is -0.494 e. The first-order valence-corrected chi connectivity index (χ1v) is 11.4. The summed E-state index contributed by atoms with van der Waals surface area (Å²) in [7, 11) is 4.14. The average Bonchev–Trinajstić information content (AvgIpc) is 3.12. The van der Waals surface area contributed by atoms with E-state index in [2.05, 4.69) is 24.0 Å². The number of aromatic nitrogens is 1. The number of hydrogen-bond acceptors (Lipinski definition) is 6. The fraction of sp³-hybridized carbons (Fsp3) is 0.375. The summed E-state index contributed by atoms with van der Waals surface area (Å²) in [4.78, 5) is 6.75. The molecule has 1 heterocycles. The number of nitrogens with zero attached hydrogens (tertiary/aromatic N) is 2. The molecule has 3 aromatic rings. The van der Waals surface area contributed by atoms with Crippen LogP contribution in [0.1, 0.15) is 17.9 Å². The first-order chi connectivity index (χ1) is 14.6. The van der Waals surface area contributed by atoms with E-state index < -0.39 is 0 Å².